The molecule has 2 aliphatic rings. The van der Waals surface area contributed by atoms with Crippen LogP contribution in [0.5, 0.6) is 0 Å². The van der Waals surface area contributed by atoms with Crippen LogP contribution < -0.4 is 0 Å². The number of nitrogens with zero attached hydrogens (tertiary/aromatic N) is 2. The van der Waals surface area contributed by atoms with Gasteiger partial charge in [0.1, 0.15) is 13.2 Å². The molecule has 1 heterocycles. The van der Waals surface area contributed by atoms with E-state index in [0.29, 0.717) is 5.06 Å². The van der Waals surface area contributed by atoms with Crippen LogP contribution in [0.3, 0.4) is 0 Å². The third kappa shape index (κ3) is 4.77. The van der Waals surface area contributed by atoms with E-state index in [9.17, 15) is 19.2 Å². The Kier molecular flexibility index (Phi) is 6.48. The molecule has 0 radical (unpaired) electrons. The Balaban J connectivity index is 1.28. The molecule has 0 fully saturated rings. The van der Waals surface area contributed by atoms with Crippen molar-refractivity contribution in [3.05, 3.63) is 95.1 Å². The molecule has 194 valence electrons. The number of imide groups is 1. The Morgan fingerprint density at radius 2 is 1.26 bits per heavy atom. The van der Waals surface area contributed by atoms with Crippen LogP contribution in [0.1, 0.15) is 58.5 Å². The van der Waals surface area contributed by atoms with E-state index in [2.05, 4.69) is 12.1 Å². The van der Waals surface area contributed by atoms with Gasteiger partial charge in [-0.25, -0.2) is 9.59 Å². The molecule has 0 atom stereocenters. The van der Waals surface area contributed by atoms with Gasteiger partial charge in [0.05, 0.1) is 11.1 Å². The van der Waals surface area contributed by atoms with Crippen molar-refractivity contribution in [1.29, 1.82) is 0 Å². The largest absolute Gasteiger partial charge is 0.448 e. The van der Waals surface area contributed by atoms with Gasteiger partial charge < -0.3 is 9.57 Å². The highest BCUT2D eigenvalue weighted by atomic mass is 16.7. The molecule has 1 aliphatic heterocycles. The van der Waals surface area contributed by atoms with Crippen molar-refractivity contribution in [2.24, 2.45) is 5.41 Å². The van der Waals surface area contributed by atoms with Crippen molar-refractivity contribution in [3.8, 4) is 11.1 Å². The van der Waals surface area contributed by atoms with Gasteiger partial charge in [-0.15, -0.1) is 0 Å². The highest BCUT2D eigenvalue weighted by Gasteiger charge is 2.39. The molecule has 8 heteroatoms. The Labute approximate surface area is 220 Å². The van der Waals surface area contributed by atoms with E-state index >= 15 is 0 Å². The van der Waals surface area contributed by atoms with Crippen LogP contribution in [0.15, 0.2) is 72.8 Å². The average Bonchev–Trinajstić information content (AvgIpc) is 3.33. The summed E-state index contributed by atoms with van der Waals surface area (Å²) in [5, 5.41) is 0.444. The first kappa shape index (κ1) is 25.2. The van der Waals surface area contributed by atoms with Crippen LogP contribution in [0, 0.1) is 5.41 Å². The molecule has 0 saturated carbocycles. The molecule has 3 aromatic rings. The standard InChI is InChI=1S/C30H28N2O6/c1-30(2,3)18-31(16-26(33)38-32-27(34)23-14-8-9-15-24(23)28(32)35)29(36)37-17-25-21-12-6-4-10-19(21)20-11-5-7-13-22(20)25/h4-15,25H,16-18H2,1-3H3. The summed E-state index contributed by atoms with van der Waals surface area (Å²) in [6, 6.07) is 22.3. The lowest BCUT2D eigenvalue weighted by molar-refractivity contribution is -0.169. The fourth-order valence-corrected chi connectivity index (χ4v) is 4.98. The molecule has 0 aromatic heterocycles. The number of fused-ring (bicyclic) bond motifs is 4. The summed E-state index contributed by atoms with van der Waals surface area (Å²) >= 11 is 0. The van der Waals surface area contributed by atoms with E-state index in [1.165, 1.54) is 17.0 Å². The zero-order valence-corrected chi connectivity index (χ0v) is 21.5. The summed E-state index contributed by atoms with van der Waals surface area (Å²) < 4.78 is 5.74. The van der Waals surface area contributed by atoms with Crippen LogP contribution in [0.25, 0.3) is 11.1 Å². The minimum absolute atomic E-state index is 0.0982. The minimum atomic E-state index is -0.919. The molecular weight excluding hydrogens is 484 g/mol. The maximum atomic E-state index is 13.2. The van der Waals surface area contributed by atoms with Gasteiger partial charge in [0.25, 0.3) is 11.8 Å². The van der Waals surface area contributed by atoms with Gasteiger partial charge in [-0.2, -0.15) is 0 Å². The Hall–Kier alpha value is -4.46. The maximum absolute atomic E-state index is 13.2. The van der Waals surface area contributed by atoms with Crippen LogP contribution in [0.4, 0.5) is 4.79 Å². The summed E-state index contributed by atoms with van der Waals surface area (Å²) in [5.74, 6) is -2.49. The third-order valence-corrected chi connectivity index (χ3v) is 6.53. The van der Waals surface area contributed by atoms with E-state index < -0.39 is 30.4 Å². The van der Waals surface area contributed by atoms with Crippen molar-refractivity contribution in [3.63, 3.8) is 0 Å². The number of ether oxygens (including phenoxy) is 1. The number of rotatable bonds is 6. The van der Waals surface area contributed by atoms with E-state index in [1.807, 2.05) is 57.2 Å². The quantitative estimate of drug-likeness (QED) is 0.430. The van der Waals surface area contributed by atoms with Crippen molar-refractivity contribution < 1.29 is 28.8 Å². The lowest BCUT2D eigenvalue weighted by Gasteiger charge is -2.29. The highest BCUT2D eigenvalue weighted by molar-refractivity contribution is 6.20. The first-order valence-electron chi connectivity index (χ1n) is 12.4. The van der Waals surface area contributed by atoms with Gasteiger partial charge in [0.2, 0.25) is 0 Å². The van der Waals surface area contributed by atoms with E-state index in [4.69, 9.17) is 9.57 Å². The lowest BCUT2D eigenvalue weighted by atomic mass is 9.96. The van der Waals surface area contributed by atoms with Gasteiger partial charge in [-0.3, -0.25) is 14.5 Å². The van der Waals surface area contributed by atoms with Gasteiger partial charge in [0.15, 0.2) is 0 Å². The number of hydrogen-bond acceptors (Lipinski definition) is 6. The lowest BCUT2D eigenvalue weighted by Crippen LogP contribution is -2.44. The summed E-state index contributed by atoms with van der Waals surface area (Å²) in [6.07, 6.45) is -0.680. The fourth-order valence-electron chi connectivity index (χ4n) is 4.98. The summed E-state index contributed by atoms with van der Waals surface area (Å²) in [5.41, 5.74) is 4.34. The highest BCUT2D eigenvalue weighted by Crippen LogP contribution is 2.44. The summed E-state index contributed by atoms with van der Waals surface area (Å²) in [4.78, 5) is 57.5. The molecule has 3 aromatic carbocycles. The van der Waals surface area contributed by atoms with E-state index in [1.54, 1.807) is 12.1 Å². The van der Waals surface area contributed by atoms with Crippen molar-refractivity contribution in [2.45, 2.75) is 26.7 Å². The zero-order chi connectivity index (χ0) is 27.0. The van der Waals surface area contributed by atoms with Crippen LogP contribution >= 0.6 is 0 Å². The van der Waals surface area contributed by atoms with Gasteiger partial charge in [-0.1, -0.05) is 86.5 Å². The number of hydrogen-bond donors (Lipinski definition) is 0. The topological polar surface area (TPSA) is 93.2 Å². The summed E-state index contributed by atoms with van der Waals surface area (Å²) in [6.45, 7) is 5.58. The van der Waals surface area contributed by atoms with Crippen molar-refractivity contribution >= 4 is 23.9 Å². The molecule has 5 rings (SSSR count). The summed E-state index contributed by atoms with van der Waals surface area (Å²) in [7, 11) is 0. The van der Waals surface area contributed by atoms with Gasteiger partial charge in [-0.05, 0) is 39.8 Å². The Morgan fingerprint density at radius 1 is 0.789 bits per heavy atom. The van der Waals surface area contributed by atoms with Crippen LogP contribution in [-0.2, 0) is 14.4 Å². The molecular formula is C30H28N2O6. The molecule has 8 nitrogen and oxygen atoms in total. The third-order valence-electron chi connectivity index (χ3n) is 6.53. The smallest absolute Gasteiger partial charge is 0.410 e. The number of benzene rings is 3. The first-order valence-corrected chi connectivity index (χ1v) is 12.4. The Morgan fingerprint density at radius 3 is 1.76 bits per heavy atom. The average molecular weight is 513 g/mol. The number of carbonyl (C=O) groups excluding carboxylic acids is 4. The fraction of sp³-hybridized carbons (Fsp3) is 0.267. The molecule has 1 aliphatic carbocycles. The van der Waals surface area contributed by atoms with Crippen molar-refractivity contribution in [1.82, 2.24) is 9.96 Å². The van der Waals surface area contributed by atoms with Gasteiger partial charge >= 0.3 is 12.1 Å². The van der Waals surface area contributed by atoms with E-state index in [-0.39, 0.29) is 35.6 Å². The molecule has 0 spiro atoms. The van der Waals surface area contributed by atoms with Gasteiger partial charge in [0, 0.05) is 12.5 Å². The molecule has 38 heavy (non-hydrogen) atoms. The molecule has 0 unspecified atom stereocenters. The predicted molar refractivity (Wildman–Crippen MR) is 139 cm³/mol. The minimum Gasteiger partial charge on any atom is -0.448 e. The molecule has 3 amide bonds. The zero-order valence-electron chi connectivity index (χ0n) is 21.5. The molecule has 0 N–H and O–H groups in total. The number of carbonyl (C=O) groups is 4. The number of hydroxylamine groups is 2. The Bertz CT molecular complexity index is 1360. The molecule has 0 bridgehead atoms. The van der Waals surface area contributed by atoms with Crippen molar-refractivity contribution in [2.75, 3.05) is 19.7 Å². The second kappa shape index (κ2) is 9.78. The normalized spacial score (nSPS) is 14.1. The van der Waals surface area contributed by atoms with E-state index in [0.717, 1.165) is 22.3 Å². The predicted octanol–water partition coefficient (Wildman–Crippen LogP) is 5.04. The van der Waals surface area contributed by atoms with Crippen LogP contribution in [0.2, 0.25) is 0 Å². The molecule has 0 saturated heterocycles. The second-order valence-corrected chi connectivity index (χ2v) is 10.6. The SMILES string of the molecule is CC(C)(C)CN(CC(=O)ON1C(=O)c2ccccc2C1=O)C(=O)OCC1c2ccccc2-c2ccccc21. The number of amides is 3. The maximum Gasteiger partial charge on any atom is 0.410 e. The van der Waals surface area contributed by atoms with Crippen LogP contribution in [-0.4, -0.2) is 53.5 Å². The monoisotopic (exact) mass is 512 g/mol. The second-order valence-electron chi connectivity index (χ2n) is 10.6. The first-order chi connectivity index (χ1) is 18.1.